The molecule has 0 aromatic rings. The Bertz CT molecular complexity index is 352. The molecule has 0 N–H and O–H groups in total. The monoisotopic (exact) mass is 290 g/mol. The van der Waals surface area contributed by atoms with Crippen molar-refractivity contribution in [2.24, 2.45) is 5.92 Å². The summed E-state index contributed by atoms with van der Waals surface area (Å²) >= 11 is 0. The van der Waals surface area contributed by atoms with E-state index in [4.69, 9.17) is 24.3 Å². The van der Waals surface area contributed by atoms with Gasteiger partial charge in [-0.05, 0) is 47.0 Å². The Kier molecular flexibility index (Phi) is 5.18. The van der Waals surface area contributed by atoms with Crippen molar-refractivity contribution in [1.29, 1.82) is 0 Å². The SMILES string of the molecule is CCOC(=O)C1(C)OOC(C)(C)CC(C)C(C)(C)OO1. The van der Waals surface area contributed by atoms with Gasteiger partial charge in [0.1, 0.15) is 5.60 Å². The average Bonchev–Trinajstić information content (AvgIpc) is 2.35. The van der Waals surface area contributed by atoms with Crippen molar-refractivity contribution in [3.05, 3.63) is 0 Å². The predicted octanol–water partition coefficient (Wildman–Crippen LogP) is 2.76. The summed E-state index contributed by atoms with van der Waals surface area (Å²) in [5, 5.41) is 0. The molecule has 0 aromatic carbocycles. The van der Waals surface area contributed by atoms with Crippen LogP contribution in [0.1, 0.15) is 54.9 Å². The molecule has 118 valence electrons. The highest BCUT2D eigenvalue weighted by atomic mass is 17.3. The van der Waals surface area contributed by atoms with E-state index in [9.17, 15) is 4.79 Å². The van der Waals surface area contributed by atoms with Gasteiger partial charge in [0, 0.05) is 6.92 Å². The quantitative estimate of drug-likeness (QED) is 0.575. The summed E-state index contributed by atoms with van der Waals surface area (Å²) in [5.74, 6) is -2.32. The molecule has 1 aliphatic rings. The highest BCUT2D eigenvalue weighted by molar-refractivity contribution is 5.77. The Hall–Kier alpha value is -0.690. The van der Waals surface area contributed by atoms with Gasteiger partial charge in [0.2, 0.25) is 0 Å². The molecule has 6 nitrogen and oxygen atoms in total. The Balaban J connectivity index is 2.99. The summed E-state index contributed by atoms with van der Waals surface area (Å²) in [6, 6.07) is 0. The van der Waals surface area contributed by atoms with E-state index in [1.54, 1.807) is 6.92 Å². The lowest BCUT2D eigenvalue weighted by atomic mass is 9.84. The van der Waals surface area contributed by atoms with Crippen LogP contribution in [0.4, 0.5) is 0 Å². The van der Waals surface area contributed by atoms with Crippen molar-refractivity contribution in [3.8, 4) is 0 Å². The molecule has 1 saturated heterocycles. The average molecular weight is 290 g/mol. The number of carbonyl (C=O) groups is 1. The molecule has 1 aliphatic heterocycles. The van der Waals surface area contributed by atoms with E-state index in [0.717, 1.165) is 0 Å². The first-order valence-corrected chi connectivity index (χ1v) is 6.93. The standard InChI is InChI=1S/C14H26O6/c1-8-16-11(15)14(7)19-17-12(3,4)9-10(2)13(5,6)18-20-14/h10H,8-9H2,1-7H3. The van der Waals surface area contributed by atoms with Gasteiger partial charge in [-0.1, -0.05) is 6.92 Å². The van der Waals surface area contributed by atoms with Crippen LogP contribution in [0.25, 0.3) is 0 Å². The summed E-state index contributed by atoms with van der Waals surface area (Å²) in [4.78, 5) is 33.2. The molecule has 2 atom stereocenters. The fourth-order valence-corrected chi connectivity index (χ4v) is 1.82. The lowest BCUT2D eigenvalue weighted by Crippen LogP contribution is -2.45. The molecule has 1 fully saturated rings. The lowest BCUT2D eigenvalue weighted by molar-refractivity contribution is -0.519. The fourth-order valence-electron chi connectivity index (χ4n) is 1.82. The van der Waals surface area contributed by atoms with Gasteiger partial charge in [0.15, 0.2) is 0 Å². The summed E-state index contributed by atoms with van der Waals surface area (Å²) < 4.78 is 4.94. The molecular formula is C14H26O6. The first-order chi connectivity index (χ1) is 9.02. The maximum Gasteiger partial charge on any atom is 0.372 e. The van der Waals surface area contributed by atoms with Gasteiger partial charge in [0.05, 0.1) is 12.2 Å². The van der Waals surface area contributed by atoms with Crippen LogP contribution in [0.15, 0.2) is 0 Å². The third-order valence-corrected chi connectivity index (χ3v) is 3.47. The topological polar surface area (TPSA) is 63.2 Å². The van der Waals surface area contributed by atoms with Crippen molar-refractivity contribution in [2.45, 2.75) is 71.9 Å². The minimum atomic E-state index is -1.76. The zero-order chi connectivity index (χ0) is 15.6. The van der Waals surface area contributed by atoms with Gasteiger partial charge in [-0.25, -0.2) is 14.6 Å². The Morgan fingerprint density at radius 1 is 1.10 bits per heavy atom. The molecule has 0 aromatic heterocycles. The fraction of sp³-hybridized carbons (Fsp3) is 0.929. The number of esters is 1. The number of rotatable bonds is 2. The second kappa shape index (κ2) is 5.97. The summed E-state index contributed by atoms with van der Waals surface area (Å²) in [5.41, 5.74) is -1.18. The van der Waals surface area contributed by atoms with E-state index in [1.807, 2.05) is 34.6 Å². The Labute approximate surface area is 120 Å². The minimum absolute atomic E-state index is 0.130. The van der Waals surface area contributed by atoms with Crippen molar-refractivity contribution >= 4 is 5.97 Å². The molecule has 2 unspecified atom stereocenters. The number of carbonyl (C=O) groups excluding carboxylic acids is 1. The first-order valence-electron chi connectivity index (χ1n) is 6.93. The Morgan fingerprint density at radius 2 is 1.65 bits per heavy atom. The predicted molar refractivity (Wildman–Crippen MR) is 71.3 cm³/mol. The van der Waals surface area contributed by atoms with Crippen LogP contribution < -0.4 is 0 Å². The molecule has 1 heterocycles. The molecule has 6 heteroatoms. The third kappa shape index (κ3) is 4.15. The summed E-state index contributed by atoms with van der Waals surface area (Å²) in [6.45, 7) is 12.9. The van der Waals surface area contributed by atoms with Crippen LogP contribution in [-0.2, 0) is 29.1 Å². The van der Waals surface area contributed by atoms with E-state index < -0.39 is 23.0 Å². The third-order valence-electron chi connectivity index (χ3n) is 3.47. The van der Waals surface area contributed by atoms with E-state index in [0.29, 0.717) is 6.42 Å². The van der Waals surface area contributed by atoms with Crippen LogP contribution in [0.5, 0.6) is 0 Å². The summed E-state index contributed by atoms with van der Waals surface area (Å²) in [7, 11) is 0. The number of ether oxygens (including phenoxy) is 1. The van der Waals surface area contributed by atoms with Crippen LogP contribution >= 0.6 is 0 Å². The molecule has 1 rings (SSSR count). The van der Waals surface area contributed by atoms with Gasteiger partial charge in [-0.15, -0.1) is 0 Å². The van der Waals surface area contributed by atoms with Crippen molar-refractivity contribution in [3.63, 3.8) is 0 Å². The van der Waals surface area contributed by atoms with Crippen molar-refractivity contribution in [2.75, 3.05) is 6.61 Å². The van der Waals surface area contributed by atoms with E-state index in [1.165, 1.54) is 6.92 Å². The lowest BCUT2D eigenvalue weighted by Gasteiger charge is -2.33. The molecule has 0 amide bonds. The Morgan fingerprint density at radius 3 is 2.20 bits per heavy atom. The highest BCUT2D eigenvalue weighted by Gasteiger charge is 2.47. The van der Waals surface area contributed by atoms with Gasteiger partial charge >= 0.3 is 11.8 Å². The zero-order valence-electron chi connectivity index (χ0n) is 13.4. The van der Waals surface area contributed by atoms with Gasteiger partial charge in [0.25, 0.3) is 0 Å². The molecule has 0 bridgehead atoms. The van der Waals surface area contributed by atoms with Crippen LogP contribution in [0, 0.1) is 5.92 Å². The van der Waals surface area contributed by atoms with Gasteiger partial charge in [-0.3, -0.25) is 0 Å². The van der Waals surface area contributed by atoms with E-state index in [2.05, 4.69) is 0 Å². The summed E-state index contributed by atoms with van der Waals surface area (Å²) in [6.07, 6.45) is 0.683. The molecular weight excluding hydrogens is 264 g/mol. The first kappa shape index (κ1) is 17.4. The van der Waals surface area contributed by atoms with Crippen LogP contribution in [0.2, 0.25) is 0 Å². The normalized spacial score (nSPS) is 33.6. The molecule has 0 radical (unpaired) electrons. The maximum absolute atomic E-state index is 12.0. The molecule has 20 heavy (non-hydrogen) atoms. The second-order valence-corrected chi connectivity index (χ2v) is 6.47. The van der Waals surface area contributed by atoms with Crippen molar-refractivity contribution in [1.82, 2.24) is 0 Å². The number of hydrogen-bond donors (Lipinski definition) is 0. The van der Waals surface area contributed by atoms with Gasteiger partial charge < -0.3 is 4.74 Å². The zero-order valence-corrected chi connectivity index (χ0v) is 13.4. The maximum atomic E-state index is 12.0. The van der Waals surface area contributed by atoms with Crippen molar-refractivity contribution < 1.29 is 29.1 Å². The second-order valence-electron chi connectivity index (χ2n) is 6.47. The molecule has 0 aliphatic carbocycles. The molecule has 0 saturated carbocycles. The minimum Gasteiger partial charge on any atom is -0.462 e. The smallest absolute Gasteiger partial charge is 0.372 e. The van der Waals surface area contributed by atoms with Crippen LogP contribution in [-0.4, -0.2) is 29.6 Å². The highest BCUT2D eigenvalue weighted by Crippen LogP contribution is 2.35. The molecule has 0 spiro atoms. The van der Waals surface area contributed by atoms with Gasteiger partial charge in [-0.2, -0.15) is 9.78 Å². The largest absolute Gasteiger partial charge is 0.462 e. The van der Waals surface area contributed by atoms with Crippen LogP contribution in [0.3, 0.4) is 0 Å². The number of hydrogen-bond acceptors (Lipinski definition) is 6. The van der Waals surface area contributed by atoms with E-state index >= 15 is 0 Å². The van der Waals surface area contributed by atoms with E-state index in [-0.39, 0.29) is 12.5 Å².